The smallest absolute Gasteiger partial charge is 0.333 e. The minimum Gasteiger partial charge on any atom is -0.378 e. The fourth-order valence-electron chi connectivity index (χ4n) is 3.02. The number of aromatic nitrogens is 4. The third kappa shape index (κ3) is 3.96. The first-order valence-corrected chi connectivity index (χ1v) is 9.10. The molecule has 1 aliphatic rings. The molecule has 0 atom stereocenters. The Morgan fingerprint density at radius 2 is 1.87 bits per heavy atom. The molecule has 0 saturated carbocycles. The van der Waals surface area contributed by atoms with Gasteiger partial charge in [-0.25, -0.2) is 23.7 Å². The largest absolute Gasteiger partial charge is 0.378 e. The van der Waals surface area contributed by atoms with Crippen LogP contribution >= 0.6 is 0 Å². The van der Waals surface area contributed by atoms with Gasteiger partial charge in [0.25, 0.3) is 11.5 Å². The first kappa shape index (κ1) is 19.5. The molecule has 3 heterocycles. The molecule has 0 radical (unpaired) electrons. The maximum absolute atomic E-state index is 13.2. The maximum atomic E-state index is 13.2. The van der Waals surface area contributed by atoms with Crippen molar-refractivity contribution in [2.24, 2.45) is 0 Å². The summed E-state index contributed by atoms with van der Waals surface area (Å²) in [5, 5.41) is 2.54. The lowest BCUT2D eigenvalue weighted by atomic mass is 10.2. The van der Waals surface area contributed by atoms with Crippen LogP contribution < -0.4 is 21.5 Å². The number of hydrogen-bond acceptors (Lipinski definition) is 7. The molecule has 0 bridgehead atoms. The van der Waals surface area contributed by atoms with Crippen LogP contribution in [0.1, 0.15) is 10.4 Å². The second-order valence-corrected chi connectivity index (χ2v) is 6.44. The van der Waals surface area contributed by atoms with E-state index in [1.165, 1.54) is 18.5 Å². The van der Waals surface area contributed by atoms with Gasteiger partial charge in [-0.2, -0.15) is 0 Å². The average molecular weight is 412 g/mol. The van der Waals surface area contributed by atoms with Crippen LogP contribution in [0.5, 0.6) is 0 Å². The highest BCUT2D eigenvalue weighted by Gasteiger charge is 2.18. The molecule has 11 heteroatoms. The predicted molar refractivity (Wildman–Crippen MR) is 106 cm³/mol. The van der Waals surface area contributed by atoms with Gasteiger partial charge in [0.05, 0.1) is 18.9 Å². The van der Waals surface area contributed by atoms with E-state index in [1.54, 1.807) is 6.07 Å². The zero-order valence-corrected chi connectivity index (χ0v) is 15.7. The summed E-state index contributed by atoms with van der Waals surface area (Å²) in [4.78, 5) is 50.1. The van der Waals surface area contributed by atoms with Crippen molar-refractivity contribution in [3.05, 3.63) is 75.1 Å². The van der Waals surface area contributed by atoms with E-state index in [-0.39, 0.29) is 17.1 Å². The van der Waals surface area contributed by atoms with E-state index in [4.69, 9.17) is 4.74 Å². The van der Waals surface area contributed by atoms with Crippen LogP contribution in [0.2, 0.25) is 0 Å². The second-order valence-electron chi connectivity index (χ2n) is 6.44. The third-order valence-electron chi connectivity index (χ3n) is 4.54. The fourth-order valence-corrected chi connectivity index (χ4v) is 3.02. The number of nitrogens with zero attached hydrogens (tertiary/aromatic N) is 4. The molecule has 0 unspecified atom stereocenters. The molecule has 1 saturated heterocycles. The number of carbonyl (C=O) groups excluding carboxylic acids is 1. The van der Waals surface area contributed by atoms with Gasteiger partial charge in [-0.15, -0.1) is 0 Å². The molecule has 30 heavy (non-hydrogen) atoms. The van der Waals surface area contributed by atoms with Crippen LogP contribution in [0, 0.1) is 5.82 Å². The van der Waals surface area contributed by atoms with E-state index in [0.717, 1.165) is 22.9 Å². The zero-order valence-electron chi connectivity index (χ0n) is 15.7. The van der Waals surface area contributed by atoms with Gasteiger partial charge < -0.3 is 19.9 Å². The number of amides is 1. The first-order chi connectivity index (χ1) is 14.5. The summed E-state index contributed by atoms with van der Waals surface area (Å²) in [6.45, 7) is 2.47. The molecule has 0 aliphatic carbocycles. The van der Waals surface area contributed by atoms with Crippen LogP contribution in [0.4, 0.5) is 16.0 Å². The molecule has 2 aromatic heterocycles. The summed E-state index contributed by atoms with van der Waals surface area (Å²) in [7, 11) is 0. The Labute approximate surface area is 169 Å². The maximum Gasteiger partial charge on any atom is 0.333 e. The Hall–Kier alpha value is -3.86. The number of morpholine rings is 1. The number of hydrogen-bond donors (Lipinski definition) is 2. The number of rotatable bonds is 4. The van der Waals surface area contributed by atoms with Crippen molar-refractivity contribution in [2.45, 2.75) is 0 Å². The van der Waals surface area contributed by atoms with E-state index >= 15 is 0 Å². The number of ether oxygens (including phenoxy) is 1. The highest BCUT2D eigenvalue weighted by Crippen LogP contribution is 2.15. The summed E-state index contributed by atoms with van der Waals surface area (Å²) < 4.78 is 19.2. The van der Waals surface area contributed by atoms with Crippen LogP contribution in [0.25, 0.3) is 5.69 Å². The van der Waals surface area contributed by atoms with Gasteiger partial charge in [0.1, 0.15) is 29.3 Å². The molecule has 10 nitrogen and oxygen atoms in total. The minimum absolute atomic E-state index is 0.133. The molecular weight excluding hydrogens is 395 g/mol. The van der Waals surface area contributed by atoms with E-state index in [1.807, 2.05) is 4.90 Å². The zero-order chi connectivity index (χ0) is 21.1. The van der Waals surface area contributed by atoms with Gasteiger partial charge in [-0.3, -0.25) is 9.59 Å². The monoisotopic (exact) mass is 412 g/mol. The Balaban J connectivity index is 1.61. The van der Waals surface area contributed by atoms with Crippen LogP contribution in [-0.4, -0.2) is 51.7 Å². The second kappa shape index (κ2) is 8.25. The molecule has 1 aliphatic heterocycles. The molecule has 154 valence electrons. The highest BCUT2D eigenvalue weighted by molar-refractivity contribution is 6.03. The summed E-state index contributed by atoms with van der Waals surface area (Å²) in [6.07, 6.45) is 2.34. The van der Waals surface area contributed by atoms with Crippen molar-refractivity contribution in [2.75, 3.05) is 36.5 Å². The number of anilines is 2. The molecule has 1 fully saturated rings. The van der Waals surface area contributed by atoms with E-state index in [9.17, 15) is 18.8 Å². The van der Waals surface area contributed by atoms with Gasteiger partial charge in [-0.1, -0.05) is 0 Å². The van der Waals surface area contributed by atoms with Crippen molar-refractivity contribution >= 4 is 17.5 Å². The van der Waals surface area contributed by atoms with Gasteiger partial charge in [0, 0.05) is 25.4 Å². The van der Waals surface area contributed by atoms with Gasteiger partial charge in [0.15, 0.2) is 0 Å². The minimum atomic E-state index is -0.842. The van der Waals surface area contributed by atoms with Crippen molar-refractivity contribution < 1.29 is 13.9 Å². The molecule has 1 aromatic carbocycles. The number of carbonyl (C=O) groups is 1. The van der Waals surface area contributed by atoms with Crippen LogP contribution in [-0.2, 0) is 4.74 Å². The van der Waals surface area contributed by atoms with Gasteiger partial charge in [-0.05, 0) is 24.3 Å². The van der Waals surface area contributed by atoms with Crippen LogP contribution in [0.3, 0.4) is 0 Å². The molecule has 3 aromatic rings. The van der Waals surface area contributed by atoms with E-state index < -0.39 is 23.0 Å². The summed E-state index contributed by atoms with van der Waals surface area (Å²) in [5.74, 6) is -0.445. The Kier molecular flexibility index (Phi) is 5.35. The van der Waals surface area contributed by atoms with Crippen LogP contribution in [0.15, 0.2) is 52.4 Å². The number of H-pyrrole nitrogens is 1. The van der Waals surface area contributed by atoms with Crippen molar-refractivity contribution in [1.82, 2.24) is 19.5 Å². The van der Waals surface area contributed by atoms with Crippen molar-refractivity contribution in [3.63, 3.8) is 0 Å². The number of benzene rings is 1. The first-order valence-electron chi connectivity index (χ1n) is 9.10. The third-order valence-corrected chi connectivity index (χ3v) is 4.54. The van der Waals surface area contributed by atoms with E-state index in [0.29, 0.717) is 32.1 Å². The van der Waals surface area contributed by atoms with Crippen molar-refractivity contribution in [1.29, 1.82) is 0 Å². The van der Waals surface area contributed by atoms with E-state index in [2.05, 4.69) is 20.3 Å². The topological polar surface area (TPSA) is 122 Å². The Morgan fingerprint density at radius 1 is 1.13 bits per heavy atom. The SMILES string of the molecule is O=C(Nc1cc(N2CCOCC2)ncn1)c1c[nH]c(=O)n(-c2ccc(F)cc2)c1=O. The van der Waals surface area contributed by atoms with Gasteiger partial charge >= 0.3 is 5.69 Å². The predicted octanol–water partition coefficient (Wildman–Crippen LogP) is 0.544. The highest BCUT2D eigenvalue weighted by atomic mass is 19.1. The molecule has 0 spiro atoms. The van der Waals surface area contributed by atoms with Crippen molar-refractivity contribution in [3.8, 4) is 5.69 Å². The molecular formula is C19H17FN6O4. The quantitative estimate of drug-likeness (QED) is 0.641. The number of aromatic amines is 1. The summed E-state index contributed by atoms with van der Waals surface area (Å²) in [5.41, 5.74) is -1.76. The normalized spacial score (nSPS) is 13.8. The summed E-state index contributed by atoms with van der Waals surface area (Å²) in [6, 6.07) is 6.36. The average Bonchev–Trinajstić information content (AvgIpc) is 2.76. The lowest BCUT2D eigenvalue weighted by Crippen LogP contribution is -2.38. The lowest BCUT2D eigenvalue weighted by Gasteiger charge is -2.27. The number of nitrogens with one attached hydrogen (secondary N) is 2. The fraction of sp³-hybridized carbons (Fsp3) is 0.211. The Morgan fingerprint density at radius 3 is 2.60 bits per heavy atom. The Bertz CT molecular complexity index is 1180. The van der Waals surface area contributed by atoms with Gasteiger partial charge in [0.2, 0.25) is 0 Å². The molecule has 4 rings (SSSR count). The standard InChI is InChI=1S/C19H17FN6O4/c20-12-1-3-13(4-2-12)26-18(28)14(10-21-19(26)29)17(27)24-15-9-16(23-11-22-15)25-5-7-30-8-6-25/h1-4,9-11H,5-8H2,(H,21,29)(H,22,23,24,27). The lowest BCUT2D eigenvalue weighted by molar-refractivity contribution is 0.102. The summed E-state index contributed by atoms with van der Waals surface area (Å²) >= 11 is 0. The molecule has 1 amide bonds. The number of halogens is 1. The molecule has 2 N–H and O–H groups in total.